The number of thioether (sulfide) groups is 1. The molecular formula is C15H18Cl2N2O3S. The SMILES string of the molecule is C[C@@H](Oc1cc(Cl)cc(Cl)c1)C(=O)N1CSC[C@@H]1C(=O)N(C)C. The van der Waals surface area contributed by atoms with Crippen LogP contribution < -0.4 is 4.74 Å². The number of likely N-dealkylation sites (N-methyl/N-ethyl adjacent to an activating group) is 1. The molecule has 23 heavy (non-hydrogen) atoms. The summed E-state index contributed by atoms with van der Waals surface area (Å²) in [6, 6.07) is 4.33. The molecule has 1 heterocycles. The predicted molar refractivity (Wildman–Crippen MR) is 93.2 cm³/mol. The molecule has 0 spiro atoms. The zero-order valence-corrected chi connectivity index (χ0v) is 15.4. The van der Waals surface area contributed by atoms with Gasteiger partial charge in [-0.1, -0.05) is 23.2 Å². The molecule has 1 aromatic carbocycles. The zero-order valence-electron chi connectivity index (χ0n) is 13.1. The molecule has 1 saturated heterocycles. The summed E-state index contributed by atoms with van der Waals surface area (Å²) in [6.45, 7) is 1.65. The van der Waals surface area contributed by atoms with E-state index in [-0.39, 0.29) is 11.8 Å². The van der Waals surface area contributed by atoms with Crippen molar-refractivity contribution < 1.29 is 14.3 Å². The molecule has 1 fully saturated rings. The summed E-state index contributed by atoms with van der Waals surface area (Å²) in [5.41, 5.74) is 0. The first-order valence-corrected chi connectivity index (χ1v) is 8.93. The fourth-order valence-corrected chi connectivity index (χ4v) is 3.91. The van der Waals surface area contributed by atoms with Gasteiger partial charge in [0.15, 0.2) is 6.10 Å². The van der Waals surface area contributed by atoms with Crippen LogP contribution in [0.25, 0.3) is 0 Å². The van der Waals surface area contributed by atoms with E-state index in [1.165, 1.54) is 4.90 Å². The van der Waals surface area contributed by atoms with Crippen molar-refractivity contribution in [3.8, 4) is 5.75 Å². The first-order valence-electron chi connectivity index (χ1n) is 7.01. The van der Waals surface area contributed by atoms with E-state index in [2.05, 4.69) is 0 Å². The van der Waals surface area contributed by atoms with Crippen molar-refractivity contribution in [2.75, 3.05) is 25.7 Å². The molecular weight excluding hydrogens is 359 g/mol. The van der Waals surface area contributed by atoms with E-state index in [1.807, 2.05) is 0 Å². The fourth-order valence-electron chi connectivity index (χ4n) is 2.25. The minimum atomic E-state index is -0.735. The molecule has 126 valence electrons. The van der Waals surface area contributed by atoms with E-state index in [9.17, 15) is 9.59 Å². The number of hydrogen-bond acceptors (Lipinski definition) is 4. The Morgan fingerprint density at radius 2 is 1.91 bits per heavy atom. The van der Waals surface area contributed by atoms with Crippen LogP contribution in [-0.4, -0.2) is 59.5 Å². The molecule has 8 heteroatoms. The van der Waals surface area contributed by atoms with E-state index in [1.54, 1.807) is 55.9 Å². The van der Waals surface area contributed by atoms with Gasteiger partial charge in [0.2, 0.25) is 5.91 Å². The molecule has 0 unspecified atom stereocenters. The molecule has 2 atom stereocenters. The molecule has 2 amide bonds. The summed E-state index contributed by atoms with van der Waals surface area (Å²) in [4.78, 5) is 27.8. The summed E-state index contributed by atoms with van der Waals surface area (Å²) < 4.78 is 5.64. The molecule has 0 bridgehead atoms. The lowest BCUT2D eigenvalue weighted by molar-refractivity contribution is -0.145. The molecule has 2 rings (SSSR count). The minimum absolute atomic E-state index is 0.0821. The van der Waals surface area contributed by atoms with Gasteiger partial charge < -0.3 is 14.5 Å². The maximum atomic E-state index is 12.6. The maximum absolute atomic E-state index is 12.6. The number of hydrogen-bond donors (Lipinski definition) is 0. The van der Waals surface area contributed by atoms with E-state index < -0.39 is 12.1 Å². The van der Waals surface area contributed by atoms with Gasteiger partial charge in [-0.3, -0.25) is 9.59 Å². The van der Waals surface area contributed by atoms with Crippen molar-refractivity contribution in [3.05, 3.63) is 28.2 Å². The summed E-state index contributed by atoms with van der Waals surface area (Å²) in [6.07, 6.45) is -0.735. The van der Waals surface area contributed by atoms with Crippen LogP contribution in [-0.2, 0) is 9.59 Å². The third-order valence-electron chi connectivity index (χ3n) is 3.39. The average Bonchev–Trinajstić information content (AvgIpc) is 2.93. The smallest absolute Gasteiger partial charge is 0.264 e. The number of amides is 2. The Balaban J connectivity index is 2.08. The molecule has 0 radical (unpaired) electrons. The van der Waals surface area contributed by atoms with Crippen LogP contribution in [0.2, 0.25) is 10.0 Å². The number of benzene rings is 1. The maximum Gasteiger partial charge on any atom is 0.264 e. The Bertz CT molecular complexity index is 592. The van der Waals surface area contributed by atoms with E-state index in [4.69, 9.17) is 27.9 Å². The number of carbonyl (C=O) groups is 2. The molecule has 0 aromatic heterocycles. The Morgan fingerprint density at radius 1 is 1.30 bits per heavy atom. The van der Waals surface area contributed by atoms with Gasteiger partial charge in [0.1, 0.15) is 11.8 Å². The molecule has 0 N–H and O–H groups in total. The number of nitrogens with zero attached hydrogens (tertiary/aromatic N) is 2. The summed E-state index contributed by atoms with van der Waals surface area (Å²) in [5, 5.41) is 0.870. The van der Waals surface area contributed by atoms with Crippen LogP contribution in [0.1, 0.15) is 6.92 Å². The van der Waals surface area contributed by atoms with E-state index in [0.717, 1.165) is 0 Å². The number of rotatable bonds is 4. The second-order valence-electron chi connectivity index (χ2n) is 5.42. The van der Waals surface area contributed by atoms with Crippen LogP contribution in [0.15, 0.2) is 18.2 Å². The second-order valence-corrected chi connectivity index (χ2v) is 7.29. The first kappa shape index (κ1) is 18.2. The second kappa shape index (κ2) is 7.64. The monoisotopic (exact) mass is 376 g/mol. The van der Waals surface area contributed by atoms with E-state index in [0.29, 0.717) is 27.4 Å². The summed E-state index contributed by atoms with van der Waals surface area (Å²) in [5.74, 6) is 1.18. The third kappa shape index (κ3) is 4.46. The number of halogens is 2. The topological polar surface area (TPSA) is 49.9 Å². The van der Waals surface area contributed by atoms with Crippen LogP contribution in [0.3, 0.4) is 0 Å². The highest BCUT2D eigenvalue weighted by Crippen LogP contribution is 2.27. The van der Waals surface area contributed by atoms with Gasteiger partial charge >= 0.3 is 0 Å². The van der Waals surface area contributed by atoms with E-state index >= 15 is 0 Å². The molecule has 0 aliphatic carbocycles. The normalized spacial score (nSPS) is 18.7. The van der Waals surface area contributed by atoms with Crippen LogP contribution >= 0.6 is 35.0 Å². The summed E-state index contributed by atoms with van der Waals surface area (Å²) in [7, 11) is 3.36. The summed E-state index contributed by atoms with van der Waals surface area (Å²) >= 11 is 13.4. The lowest BCUT2D eigenvalue weighted by Gasteiger charge is -2.27. The largest absolute Gasteiger partial charge is 0.481 e. The molecule has 1 aromatic rings. The number of carbonyl (C=O) groups excluding carboxylic acids is 2. The Morgan fingerprint density at radius 3 is 2.48 bits per heavy atom. The van der Waals surface area contributed by atoms with Crippen molar-refractivity contribution >= 4 is 46.8 Å². The van der Waals surface area contributed by atoms with Gasteiger partial charge in [-0.2, -0.15) is 0 Å². The third-order valence-corrected chi connectivity index (χ3v) is 4.84. The first-order chi connectivity index (χ1) is 10.8. The van der Waals surface area contributed by atoms with Crippen LogP contribution in [0.5, 0.6) is 5.75 Å². The van der Waals surface area contributed by atoms with Gasteiger partial charge in [-0.25, -0.2) is 0 Å². The Hall–Kier alpha value is -1.11. The van der Waals surface area contributed by atoms with Crippen molar-refractivity contribution in [3.63, 3.8) is 0 Å². The van der Waals surface area contributed by atoms with Gasteiger partial charge in [0, 0.05) is 29.9 Å². The fraction of sp³-hybridized carbons (Fsp3) is 0.467. The van der Waals surface area contributed by atoms with Crippen LogP contribution in [0, 0.1) is 0 Å². The molecule has 1 aliphatic rings. The van der Waals surface area contributed by atoms with Gasteiger partial charge in [-0.15, -0.1) is 11.8 Å². The highest BCUT2D eigenvalue weighted by atomic mass is 35.5. The highest BCUT2D eigenvalue weighted by Gasteiger charge is 2.37. The van der Waals surface area contributed by atoms with Crippen molar-refractivity contribution in [2.45, 2.75) is 19.1 Å². The molecule has 5 nitrogen and oxygen atoms in total. The Labute approximate surface area is 149 Å². The lowest BCUT2D eigenvalue weighted by Crippen LogP contribution is -2.50. The zero-order chi connectivity index (χ0) is 17.1. The van der Waals surface area contributed by atoms with Crippen LogP contribution in [0.4, 0.5) is 0 Å². The lowest BCUT2D eigenvalue weighted by atomic mass is 10.2. The quantitative estimate of drug-likeness (QED) is 0.810. The molecule has 0 saturated carbocycles. The van der Waals surface area contributed by atoms with Gasteiger partial charge in [0.05, 0.1) is 5.88 Å². The highest BCUT2D eigenvalue weighted by molar-refractivity contribution is 7.99. The van der Waals surface area contributed by atoms with Crippen molar-refractivity contribution in [2.24, 2.45) is 0 Å². The van der Waals surface area contributed by atoms with Crippen molar-refractivity contribution in [1.82, 2.24) is 9.80 Å². The molecule has 1 aliphatic heterocycles. The number of ether oxygens (including phenoxy) is 1. The predicted octanol–water partition coefficient (Wildman–Crippen LogP) is 2.75. The Kier molecular flexibility index (Phi) is 6.06. The minimum Gasteiger partial charge on any atom is -0.481 e. The average molecular weight is 377 g/mol. The van der Waals surface area contributed by atoms with Crippen molar-refractivity contribution in [1.29, 1.82) is 0 Å². The van der Waals surface area contributed by atoms with Gasteiger partial charge in [-0.05, 0) is 25.1 Å². The standard InChI is InChI=1S/C15H18Cl2N2O3S/c1-9(22-12-5-10(16)4-11(17)6-12)14(20)19-8-23-7-13(19)15(21)18(2)3/h4-6,9,13H,7-8H2,1-3H3/t9-,13-/m1/s1. The van der Waals surface area contributed by atoms with Gasteiger partial charge in [0.25, 0.3) is 5.91 Å².